The Morgan fingerprint density at radius 3 is 2.71 bits per heavy atom. The Bertz CT molecular complexity index is 472. The van der Waals surface area contributed by atoms with Gasteiger partial charge in [-0.15, -0.1) is 0 Å². The van der Waals surface area contributed by atoms with Gasteiger partial charge < -0.3 is 10.8 Å². The number of hydrogen-bond acceptors (Lipinski definition) is 2. The molecule has 0 aromatic carbocycles. The van der Waals surface area contributed by atoms with Crippen molar-refractivity contribution in [2.24, 2.45) is 34.3 Å². The molecule has 3 fully saturated rings. The topological polar surface area (TPSA) is 46.2 Å². The zero-order chi connectivity index (χ0) is 14.8. The van der Waals surface area contributed by atoms with Crippen LogP contribution in [0.2, 0.25) is 0 Å². The Morgan fingerprint density at radius 2 is 1.90 bits per heavy atom. The van der Waals surface area contributed by atoms with Gasteiger partial charge in [-0.1, -0.05) is 25.5 Å². The second-order valence-electron chi connectivity index (χ2n) is 8.88. The second kappa shape index (κ2) is 4.58. The number of hydrogen-bond donors (Lipinski definition) is 2. The van der Waals surface area contributed by atoms with Crippen LogP contribution in [-0.2, 0) is 0 Å². The third-order valence-corrected chi connectivity index (χ3v) is 8.15. The molecule has 2 nitrogen and oxygen atoms in total. The van der Waals surface area contributed by atoms with Crippen LogP contribution in [0.4, 0.5) is 0 Å². The van der Waals surface area contributed by atoms with E-state index in [0.29, 0.717) is 16.9 Å². The van der Waals surface area contributed by atoms with Gasteiger partial charge in [-0.05, 0) is 80.0 Å². The molecule has 0 aromatic heterocycles. The highest BCUT2D eigenvalue weighted by Gasteiger charge is 2.57. The van der Waals surface area contributed by atoms with Gasteiger partial charge in [0, 0.05) is 6.04 Å². The van der Waals surface area contributed by atoms with Gasteiger partial charge in [-0.25, -0.2) is 0 Å². The maximum Gasteiger partial charge on any atom is 0.0577 e. The predicted octanol–water partition coefficient (Wildman–Crippen LogP) is 3.64. The fourth-order valence-corrected chi connectivity index (χ4v) is 6.68. The first-order chi connectivity index (χ1) is 9.95. The minimum Gasteiger partial charge on any atom is -0.393 e. The molecule has 3 saturated carbocycles. The third kappa shape index (κ3) is 1.84. The van der Waals surface area contributed by atoms with E-state index in [2.05, 4.69) is 19.9 Å². The summed E-state index contributed by atoms with van der Waals surface area (Å²) in [7, 11) is 0. The minimum absolute atomic E-state index is 0.0883. The maximum atomic E-state index is 10.0. The fraction of sp³-hybridized carbons (Fsp3) is 0.895. The lowest BCUT2D eigenvalue weighted by molar-refractivity contribution is -0.0401. The van der Waals surface area contributed by atoms with Crippen LogP contribution < -0.4 is 5.73 Å². The van der Waals surface area contributed by atoms with Gasteiger partial charge in [0.2, 0.25) is 0 Å². The van der Waals surface area contributed by atoms with E-state index in [1.807, 2.05) is 0 Å². The molecule has 4 rings (SSSR count). The van der Waals surface area contributed by atoms with E-state index in [4.69, 9.17) is 5.73 Å². The summed E-state index contributed by atoms with van der Waals surface area (Å²) in [4.78, 5) is 0. The summed E-state index contributed by atoms with van der Waals surface area (Å²) in [6, 6.07) is 0.426. The second-order valence-corrected chi connectivity index (χ2v) is 8.88. The highest BCUT2D eigenvalue weighted by atomic mass is 16.3. The summed E-state index contributed by atoms with van der Waals surface area (Å²) >= 11 is 0. The van der Waals surface area contributed by atoms with Crippen LogP contribution in [0, 0.1) is 28.6 Å². The lowest BCUT2D eigenvalue weighted by atomic mass is 9.48. The van der Waals surface area contributed by atoms with E-state index >= 15 is 0 Å². The van der Waals surface area contributed by atoms with Crippen LogP contribution in [0.5, 0.6) is 0 Å². The lowest BCUT2D eigenvalue weighted by Crippen LogP contribution is -2.52. The van der Waals surface area contributed by atoms with Gasteiger partial charge in [-0.2, -0.15) is 0 Å². The largest absolute Gasteiger partial charge is 0.393 e. The average Bonchev–Trinajstić information content (AvgIpc) is 2.76. The molecule has 7 atom stereocenters. The number of allylic oxidation sites excluding steroid dienone is 1. The normalized spacial score (nSPS) is 56.2. The third-order valence-electron chi connectivity index (χ3n) is 8.15. The lowest BCUT2D eigenvalue weighted by Gasteiger charge is -2.57. The van der Waals surface area contributed by atoms with Crippen molar-refractivity contribution in [3.63, 3.8) is 0 Å². The summed E-state index contributed by atoms with van der Waals surface area (Å²) in [5.74, 6) is 2.53. The monoisotopic (exact) mass is 289 g/mol. The first-order valence-corrected chi connectivity index (χ1v) is 9.08. The molecule has 0 unspecified atom stereocenters. The number of rotatable bonds is 0. The van der Waals surface area contributed by atoms with Crippen LogP contribution in [-0.4, -0.2) is 17.3 Å². The van der Waals surface area contributed by atoms with Crippen molar-refractivity contribution in [1.29, 1.82) is 0 Å². The quantitative estimate of drug-likeness (QED) is 0.669. The van der Waals surface area contributed by atoms with Crippen molar-refractivity contribution in [3.8, 4) is 0 Å². The van der Waals surface area contributed by atoms with Crippen molar-refractivity contribution in [3.05, 3.63) is 11.6 Å². The van der Waals surface area contributed by atoms with Gasteiger partial charge in [0.05, 0.1) is 6.10 Å². The molecule has 118 valence electrons. The molecule has 0 amide bonds. The van der Waals surface area contributed by atoms with Crippen molar-refractivity contribution < 1.29 is 5.11 Å². The highest BCUT2D eigenvalue weighted by Crippen LogP contribution is 2.64. The number of fused-ring (bicyclic) bond motifs is 5. The Balaban J connectivity index is 1.68. The van der Waals surface area contributed by atoms with Crippen molar-refractivity contribution >= 4 is 0 Å². The number of aliphatic hydroxyl groups excluding tert-OH is 1. The summed E-state index contributed by atoms with van der Waals surface area (Å²) in [6.07, 6.45) is 12.1. The fourth-order valence-electron chi connectivity index (χ4n) is 6.68. The van der Waals surface area contributed by atoms with E-state index in [-0.39, 0.29) is 6.10 Å². The molecule has 4 aliphatic rings. The minimum atomic E-state index is -0.0883. The first-order valence-electron chi connectivity index (χ1n) is 9.08. The predicted molar refractivity (Wildman–Crippen MR) is 85.7 cm³/mol. The molecule has 0 radical (unpaired) electrons. The van der Waals surface area contributed by atoms with E-state index in [0.717, 1.165) is 30.6 Å². The molecule has 0 aromatic rings. The molecular weight excluding hydrogens is 258 g/mol. The zero-order valence-corrected chi connectivity index (χ0v) is 13.6. The molecule has 21 heavy (non-hydrogen) atoms. The molecule has 3 N–H and O–H groups in total. The number of nitrogens with two attached hydrogens (primary N) is 1. The molecule has 2 heteroatoms. The molecule has 0 heterocycles. The van der Waals surface area contributed by atoms with Gasteiger partial charge >= 0.3 is 0 Å². The van der Waals surface area contributed by atoms with Crippen LogP contribution in [0.25, 0.3) is 0 Å². The van der Waals surface area contributed by atoms with E-state index in [1.54, 1.807) is 5.57 Å². The summed E-state index contributed by atoms with van der Waals surface area (Å²) in [6.45, 7) is 4.97. The van der Waals surface area contributed by atoms with Gasteiger partial charge in [0.15, 0.2) is 0 Å². The Morgan fingerprint density at radius 1 is 1.10 bits per heavy atom. The van der Waals surface area contributed by atoms with Gasteiger partial charge in [0.25, 0.3) is 0 Å². The standard InChI is InChI=1S/C19H31NO/c1-18-9-7-13(21)11-12(18)3-4-14-15-5-6-17(20)19(15,2)10-8-16(14)18/h3,13-17,21H,4-11,20H2,1-2H3/t13-,14-,15+,16-,17-,18+,19+/m1/s1. The van der Waals surface area contributed by atoms with Crippen LogP contribution in [0.1, 0.15) is 65.2 Å². The molecule has 0 spiro atoms. The number of aliphatic hydroxyl groups is 1. The summed E-state index contributed by atoms with van der Waals surface area (Å²) in [5.41, 5.74) is 8.83. The average molecular weight is 289 g/mol. The molecular formula is C19H31NO. The van der Waals surface area contributed by atoms with Crippen molar-refractivity contribution in [2.45, 2.75) is 77.4 Å². The zero-order valence-electron chi connectivity index (χ0n) is 13.6. The Hall–Kier alpha value is -0.340. The first kappa shape index (κ1) is 14.3. The van der Waals surface area contributed by atoms with Crippen LogP contribution in [0.15, 0.2) is 11.6 Å². The maximum absolute atomic E-state index is 10.0. The van der Waals surface area contributed by atoms with Crippen molar-refractivity contribution in [2.75, 3.05) is 0 Å². The molecule has 4 aliphatic carbocycles. The molecule has 0 bridgehead atoms. The van der Waals surface area contributed by atoms with Crippen molar-refractivity contribution in [1.82, 2.24) is 0 Å². The SMILES string of the molecule is C[C@]12CC[C@@H]3[C@H](CC=C4C[C@H](O)CC[C@@]43C)[C@@H]1CC[C@H]2N. The molecule has 0 saturated heterocycles. The van der Waals surface area contributed by atoms with E-state index in [1.165, 1.54) is 38.5 Å². The molecule has 0 aliphatic heterocycles. The van der Waals surface area contributed by atoms with Gasteiger partial charge in [-0.3, -0.25) is 0 Å². The Labute approximate surface area is 129 Å². The summed E-state index contributed by atoms with van der Waals surface area (Å²) in [5, 5.41) is 10.0. The van der Waals surface area contributed by atoms with E-state index < -0.39 is 0 Å². The summed E-state index contributed by atoms with van der Waals surface area (Å²) < 4.78 is 0. The van der Waals surface area contributed by atoms with Crippen LogP contribution in [0.3, 0.4) is 0 Å². The van der Waals surface area contributed by atoms with Gasteiger partial charge in [0.1, 0.15) is 0 Å². The highest BCUT2D eigenvalue weighted by molar-refractivity contribution is 5.25. The van der Waals surface area contributed by atoms with Crippen LogP contribution >= 0.6 is 0 Å². The van der Waals surface area contributed by atoms with E-state index in [9.17, 15) is 5.11 Å². The smallest absolute Gasteiger partial charge is 0.0577 e. The Kier molecular flexibility index (Phi) is 3.11.